The molecule has 2 aromatic rings. The molecule has 0 aliphatic carbocycles. The summed E-state index contributed by atoms with van der Waals surface area (Å²) >= 11 is 1.36. The number of amidine groups is 1. The SMILES string of the molecule is Cc1nsc(N(CCC(=N)N)c2ccccc2)n1. The average molecular weight is 261 g/mol. The Labute approximate surface area is 110 Å². The van der Waals surface area contributed by atoms with E-state index in [2.05, 4.69) is 9.36 Å². The molecule has 0 bridgehead atoms. The van der Waals surface area contributed by atoms with Gasteiger partial charge in [0.1, 0.15) is 5.82 Å². The standard InChI is InChI=1S/C12H15N5S/c1-9-15-12(18-16-9)17(8-7-11(13)14)10-5-3-2-4-6-10/h2-6H,7-8H2,1H3,(H3,13,14). The molecule has 2 rings (SSSR count). The molecule has 3 N–H and O–H groups in total. The molecule has 18 heavy (non-hydrogen) atoms. The van der Waals surface area contributed by atoms with E-state index in [-0.39, 0.29) is 5.84 Å². The van der Waals surface area contributed by atoms with Crippen molar-refractivity contribution in [1.82, 2.24) is 9.36 Å². The number of nitrogens with two attached hydrogens (primary N) is 1. The van der Waals surface area contributed by atoms with Crippen LogP contribution in [0.2, 0.25) is 0 Å². The van der Waals surface area contributed by atoms with Crippen LogP contribution in [0.1, 0.15) is 12.2 Å². The zero-order valence-electron chi connectivity index (χ0n) is 10.1. The van der Waals surface area contributed by atoms with Crippen molar-refractivity contribution >= 4 is 28.2 Å². The molecule has 0 aliphatic rings. The van der Waals surface area contributed by atoms with Crippen LogP contribution in [0.15, 0.2) is 30.3 Å². The third-order valence-electron chi connectivity index (χ3n) is 2.42. The molecule has 1 aromatic carbocycles. The van der Waals surface area contributed by atoms with Gasteiger partial charge >= 0.3 is 0 Å². The third-order valence-corrected chi connectivity index (χ3v) is 3.25. The van der Waals surface area contributed by atoms with Gasteiger partial charge in [0.15, 0.2) is 0 Å². The van der Waals surface area contributed by atoms with Gasteiger partial charge in [-0.15, -0.1) is 0 Å². The van der Waals surface area contributed by atoms with E-state index >= 15 is 0 Å². The molecule has 0 fully saturated rings. The fourth-order valence-corrected chi connectivity index (χ4v) is 2.29. The number of aromatic nitrogens is 2. The molecule has 0 amide bonds. The summed E-state index contributed by atoms with van der Waals surface area (Å²) in [5.74, 6) is 0.941. The Balaban J connectivity index is 2.26. The molecule has 1 heterocycles. The lowest BCUT2D eigenvalue weighted by atomic mass is 10.3. The molecule has 5 nitrogen and oxygen atoms in total. The van der Waals surface area contributed by atoms with E-state index in [4.69, 9.17) is 11.1 Å². The number of benzene rings is 1. The molecule has 0 aliphatic heterocycles. The summed E-state index contributed by atoms with van der Waals surface area (Å²) in [6, 6.07) is 9.94. The van der Waals surface area contributed by atoms with Crippen molar-refractivity contribution < 1.29 is 0 Å². The molecular formula is C12H15N5S. The topological polar surface area (TPSA) is 78.9 Å². The molecular weight excluding hydrogens is 246 g/mol. The summed E-state index contributed by atoms with van der Waals surface area (Å²) < 4.78 is 4.19. The summed E-state index contributed by atoms with van der Waals surface area (Å²) in [6.07, 6.45) is 0.507. The van der Waals surface area contributed by atoms with Crippen LogP contribution in [-0.4, -0.2) is 21.7 Å². The Hall–Kier alpha value is -1.95. The number of nitrogens with zero attached hydrogens (tertiary/aromatic N) is 3. The minimum absolute atomic E-state index is 0.178. The minimum Gasteiger partial charge on any atom is -0.388 e. The quantitative estimate of drug-likeness (QED) is 0.639. The zero-order chi connectivity index (χ0) is 13.0. The first-order chi connectivity index (χ1) is 8.66. The maximum atomic E-state index is 7.34. The Morgan fingerprint density at radius 1 is 1.39 bits per heavy atom. The van der Waals surface area contributed by atoms with E-state index in [0.717, 1.165) is 16.6 Å². The highest BCUT2D eigenvalue weighted by molar-refractivity contribution is 7.09. The van der Waals surface area contributed by atoms with E-state index in [1.165, 1.54) is 11.5 Å². The second-order valence-electron chi connectivity index (χ2n) is 3.89. The van der Waals surface area contributed by atoms with Gasteiger partial charge in [-0.2, -0.15) is 4.37 Å². The van der Waals surface area contributed by atoms with Gasteiger partial charge in [0.25, 0.3) is 0 Å². The van der Waals surface area contributed by atoms with Crippen LogP contribution in [0, 0.1) is 12.3 Å². The fourth-order valence-electron chi connectivity index (χ4n) is 1.57. The molecule has 0 unspecified atom stereocenters. The van der Waals surface area contributed by atoms with Gasteiger partial charge in [-0.25, -0.2) is 4.98 Å². The van der Waals surface area contributed by atoms with Crippen molar-refractivity contribution in [2.24, 2.45) is 5.73 Å². The summed E-state index contributed by atoms with van der Waals surface area (Å²) in [5, 5.41) is 8.17. The van der Waals surface area contributed by atoms with Gasteiger partial charge in [-0.3, -0.25) is 5.41 Å². The van der Waals surface area contributed by atoms with Crippen LogP contribution in [0.3, 0.4) is 0 Å². The highest BCUT2D eigenvalue weighted by Gasteiger charge is 2.13. The van der Waals surface area contributed by atoms with Crippen LogP contribution >= 0.6 is 11.5 Å². The average Bonchev–Trinajstić information content (AvgIpc) is 2.77. The van der Waals surface area contributed by atoms with Gasteiger partial charge in [-0.05, 0) is 19.1 Å². The fraction of sp³-hybridized carbons (Fsp3) is 0.250. The summed E-state index contributed by atoms with van der Waals surface area (Å²) in [4.78, 5) is 6.42. The molecule has 0 saturated heterocycles. The first-order valence-electron chi connectivity index (χ1n) is 5.62. The molecule has 1 aromatic heterocycles. The number of aryl methyl sites for hydroxylation is 1. The normalized spacial score (nSPS) is 10.3. The molecule has 94 valence electrons. The Morgan fingerprint density at radius 2 is 2.11 bits per heavy atom. The molecule has 0 radical (unpaired) electrons. The van der Waals surface area contributed by atoms with E-state index in [0.29, 0.717) is 13.0 Å². The second kappa shape index (κ2) is 5.59. The number of rotatable bonds is 5. The molecule has 6 heteroatoms. The maximum absolute atomic E-state index is 7.34. The number of anilines is 2. The van der Waals surface area contributed by atoms with Gasteiger partial charge in [0.05, 0.1) is 5.84 Å². The largest absolute Gasteiger partial charge is 0.388 e. The lowest BCUT2D eigenvalue weighted by Gasteiger charge is -2.21. The monoisotopic (exact) mass is 261 g/mol. The highest BCUT2D eigenvalue weighted by atomic mass is 32.1. The van der Waals surface area contributed by atoms with Crippen molar-refractivity contribution in [2.45, 2.75) is 13.3 Å². The van der Waals surface area contributed by atoms with Crippen molar-refractivity contribution in [3.05, 3.63) is 36.2 Å². The zero-order valence-corrected chi connectivity index (χ0v) is 10.9. The molecule has 0 spiro atoms. The van der Waals surface area contributed by atoms with Crippen molar-refractivity contribution in [2.75, 3.05) is 11.4 Å². The van der Waals surface area contributed by atoms with Crippen LogP contribution in [0.4, 0.5) is 10.8 Å². The van der Waals surface area contributed by atoms with E-state index in [1.807, 2.05) is 42.2 Å². The van der Waals surface area contributed by atoms with E-state index in [1.54, 1.807) is 0 Å². The minimum atomic E-state index is 0.178. The third kappa shape index (κ3) is 3.04. The summed E-state index contributed by atoms with van der Waals surface area (Å²) in [6.45, 7) is 2.50. The van der Waals surface area contributed by atoms with E-state index in [9.17, 15) is 0 Å². The van der Waals surface area contributed by atoms with Crippen molar-refractivity contribution in [1.29, 1.82) is 5.41 Å². The Kier molecular flexibility index (Phi) is 3.88. The van der Waals surface area contributed by atoms with Gasteiger partial charge in [0.2, 0.25) is 5.13 Å². The number of hydrogen-bond donors (Lipinski definition) is 2. The first kappa shape index (κ1) is 12.5. The number of hydrogen-bond acceptors (Lipinski definition) is 5. The Bertz CT molecular complexity index is 522. The smallest absolute Gasteiger partial charge is 0.209 e. The highest BCUT2D eigenvalue weighted by Crippen LogP contribution is 2.26. The Morgan fingerprint density at radius 3 is 2.67 bits per heavy atom. The summed E-state index contributed by atoms with van der Waals surface area (Å²) in [5.41, 5.74) is 6.46. The van der Waals surface area contributed by atoms with Crippen molar-refractivity contribution in [3.8, 4) is 0 Å². The van der Waals surface area contributed by atoms with Gasteiger partial charge in [-0.1, -0.05) is 18.2 Å². The summed E-state index contributed by atoms with van der Waals surface area (Å²) in [7, 11) is 0. The van der Waals surface area contributed by atoms with Crippen molar-refractivity contribution in [3.63, 3.8) is 0 Å². The maximum Gasteiger partial charge on any atom is 0.209 e. The van der Waals surface area contributed by atoms with Gasteiger partial charge < -0.3 is 10.6 Å². The molecule has 0 saturated carbocycles. The van der Waals surface area contributed by atoms with Crippen LogP contribution in [0.5, 0.6) is 0 Å². The number of para-hydroxylation sites is 1. The molecule has 0 atom stereocenters. The second-order valence-corrected chi connectivity index (χ2v) is 4.62. The predicted molar refractivity (Wildman–Crippen MR) is 74.6 cm³/mol. The van der Waals surface area contributed by atoms with E-state index < -0.39 is 0 Å². The van der Waals surface area contributed by atoms with Crippen LogP contribution in [-0.2, 0) is 0 Å². The van der Waals surface area contributed by atoms with Crippen LogP contribution in [0.25, 0.3) is 0 Å². The first-order valence-corrected chi connectivity index (χ1v) is 6.40. The lowest BCUT2D eigenvalue weighted by molar-refractivity contribution is 0.941. The predicted octanol–water partition coefficient (Wildman–Crippen LogP) is 2.31. The van der Waals surface area contributed by atoms with Crippen LogP contribution < -0.4 is 10.6 Å². The lowest BCUT2D eigenvalue weighted by Crippen LogP contribution is -2.23. The van der Waals surface area contributed by atoms with Gasteiger partial charge in [0, 0.05) is 30.2 Å². The number of nitrogens with one attached hydrogen (secondary N) is 1.